The second kappa shape index (κ2) is 10.6. The van der Waals surface area contributed by atoms with Gasteiger partial charge in [-0.1, -0.05) is 24.3 Å². The number of ether oxygens (including phenoxy) is 1. The molecule has 11 heteroatoms. The third kappa shape index (κ3) is 5.82. The number of Topliss-reactive ketones (excluding diaryl/α,β-unsaturated/α-hetero) is 1. The molecule has 8 nitrogen and oxygen atoms in total. The van der Waals surface area contributed by atoms with Gasteiger partial charge in [0.1, 0.15) is 11.3 Å². The van der Waals surface area contributed by atoms with Gasteiger partial charge in [-0.3, -0.25) is 19.7 Å². The molecule has 0 bridgehead atoms. The lowest BCUT2D eigenvalue weighted by molar-refractivity contribution is -0.385. The number of para-hydroxylation sites is 1. The fraction of sp³-hybridized carbons (Fsp3) is 0.263. The van der Waals surface area contributed by atoms with E-state index in [1.165, 1.54) is 31.4 Å². The lowest BCUT2D eigenvalue weighted by atomic mass is 9.95. The van der Waals surface area contributed by atoms with E-state index in [0.717, 1.165) is 4.53 Å². The number of rotatable bonds is 8. The number of nitro benzene ring substituents is 1. The second-order valence-electron chi connectivity index (χ2n) is 6.74. The van der Waals surface area contributed by atoms with Crippen molar-refractivity contribution >= 4 is 53.3 Å². The molecule has 0 unspecified atom stereocenters. The smallest absolute Gasteiger partial charge is 0.291 e. The second-order valence-corrected chi connectivity index (χ2v) is 7.38. The largest absolute Gasteiger partial charge is 0.497 e. The monoisotopic (exact) mass is 475 g/mol. The molecule has 0 aliphatic rings. The van der Waals surface area contributed by atoms with Crippen LogP contribution < -0.4 is 4.74 Å². The SMILES string of the molecule is COc1cccc(C(=O)CC(C)(C)N(Cl)N(Cl)C(=O)c2ccccc2[N+](=O)[O-])c1.Cl. The molecule has 0 aromatic heterocycles. The summed E-state index contributed by atoms with van der Waals surface area (Å²) in [6.45, 7) is 3.22. The van der Waals surface area contributed by atoms with Gasteiger partial charge in [0.2, 0.25) is 0 Å². The van der Waals surface area contributed by atoms with E-state index in [9.17, 15) is 19.7 Å². The van der Waals surface area contributed by atoms with Crippen molar-refractivity contribution in [2.24, 2.45) is 0 Å². The van der Waals surface area contributed by atoms with Crippen LogP contribution in [0.2, 0.25) is 0 Å². The number of methoxy groups -OCH3 is 1. The summed E-state index contributed by atoms with van der Waals surface area (Å²) < 4.78 is 6.50. The molecule has 0 atom stereocenters. The van der Waals surface area contributed by atoms with Crippen LogP contribution in [0, 0.1) is 10.1 Å². The molecule has 0 saturated carbocycles. The highest BCUT2D eigenvalue weighted by atomic mass is 35.5. The van der Waals surface area contributed by atoms with Gasteiger partial charge in [-0.25, -0.2) is 0 Å². The van der Waals surface area contributed by atoms with Gasteiger partial charge in [-0.15, -0.1) is 16.9 Å². The predicted octanol–water partition coefficient (Wildman–Crippen LogP) is 5.04. The molecule has 1 amide bonds. The Hall–Kier alpha value is -2.39. The summed E-state index contributed by atoms with van der Waals surface area (Å²) in [5, 5.41) is 11.2. The average Bonchev–Trinajstić information content (AvgIpc) is 2.71. The molecule has 0 saturated heterocycles. The van der Waals surface area contributed by atoms with Crippen molar-refractivity contribution < 1.29 is 19.2 Å². The number of nitrogens with zero attached hydrogens (tertiary/aromatic N) is 3. The van der Waals surface area contributed by atoms with Crippen LogP contribution >= 0.6 is 36.0 Å². The number of hydrogen-bond acceptors (Lipinski definition) is 6. The van der Waals surface area contributed by atoms with Crippen molar-refractivity contribution in [1.82, 2.24) is 9.06 Å². The normalized spacial score (nSPS) is 10.9. The average molecular weight is 477 g/mol. The number of halogens is 3. The number of hydrazine groups is 1. The van der Waals surface area contributed by atoms with Crippen LogP contribution in [0.15, 0.2) is 48.5 Å². The maximum absolute atomic E-state index is 12.7. The number of benzene rings is 2. The molecule has 30 heavy (non-hydrogen) atoms. The molecule has 162 valence electrons. The quantitative estimate of drug-likeness (QED) is 0.229. The first-order valence-electron chi connectivity index (χ1n) is 8.45. The molecule has 0 N–H and O–H groups in total. The molecule has 2 aromatic rings. The topological polar surface area (TPSA) is 93.0 Å². The Kier molecular flexibility index (Phi) is 9.05. The molecule has 0 spiro atoms. The highest BCUT2D eigenvalue weighted by Gasteiger charge is 2.37. The van der Waals surface area contributed by atoms with Crippen molar-refractivity contribution in [3.63, 3.8) is 0 Å². The number of hydrogen-bond donors (Lipinski definition) is 0. The van der Waals surface area contributed by atoms with Crippen LogP contribution in [0.25, 0.3) is 0 Å². The zero-order valence-electron chi connectivity index (χ0n) is 16.4. The number of amides is 1. The molecule has 2 rings (SSSR count). The molecule has 0 aliphatic carbocycles. The Bertz CT molecular complexity index is 939. The summed E-state index contributed by atoms with van der Waals surface area (Å²) >= 11 is 12.3. The van der Waals surface area contributed by atoms with Gasteiger partial charge in [0.25, 0.3) is 11.6 Å². The number of ketones is 1. The molecule has 0 heterocycles. The standard InChI is InChI=1S/C19H19Cl2N3O5.ClH/c1-19(2,12-17(25)13-7-6-8-14(11-13)29-3)24(21)22(20)18(26)15-9-4-5-10-16(15)23(27)28;/h4-11H,12H2,1-3H3;1H. The minimum Gasteiger partial charge on any atom is -0.497 e. The lowest BCUT2D eigenvalue weighted by Gasteiger charge is -2.35. The first-order chi connectivity index (χ1) is 13.6. The Morgan fingerprint density at radius 1 is 1.13 bits per heavy atom. The lowest BCUT2D eigenvalue weighted by Crippen LogP contribution is -2.48. The van der Waals surface area contributed by atoms with Gasteiger partial charge in [0.15, 0.2) is 5.78 Å². The Morgan fingerprint density at radius 2 is 1.77 bits per heavy atom. The summed E-state index contributed by atoms with van der Waals surface area (Å²) in [4.78, 5) is 35.8. The minimum absolute atomic E-state index is 0. The zero-order valence-corrected chi connectivity index (χ0v) is 18.7. The third-order valence-corrected chi connectivity index (χ3v) is 5.13. The van der Waals surface area contributed by atoms with E-state index in [2.05, 4.69) is 0 Å². The Balaban J connectivity index is 0.00000450. The van der Waals surface area contributed by atoms with E-state index in [4.69, 9.17) is 28.3 Å². The molecule has 0 fully saturated rings. The third-order valence-electron chi connectivity index (χ3n) is 4.14. The van der Waals surface area contributed by atoms with Gasteiger partial charge >= 0.3 is 0 Å². The summed E-state index contributed by atoms with van der Waals surface area (Å²) in [5.74, 6) is -0.611. The highest BCUT2D eigenvalue weighted by molar-refractivity contribution is 6.27. The van der Waals surface area contributed by atoms with Gasteiger partial charge in [-0.05, 0) is 32.0 Å². The van der Waals surface area contributed by atoms with E-state index in [1.54, 1.807) is 38.1 Å². The van der Waals surface area contributed by atoms with E-state index in [1.807, 2.05) is 0 Å². The van der Waals surface area contributed by atoms with E-state index in [0.29, 0.717) is 15.8 Å². The van der Waals surface area contributed by atoms with Gasteiger partial charge in [0, 0.05) is 41.6 Å². The van der Waals surface area contributed by atoms with E-state index < -0.39 is 22.1 Å². The minimum atomic E-state index is -1.09. The van der Waals surface area contributed by atoms with Crippen LogP contribution in [-0.2, 0) is 0 Å². The molecule has 2 aromatic carbocycles. The number of carbonyl (C=O) groups is 2. The zero-order chi connectivity index (χ0) is 21.8. The summed E-state index contributed by atoms with van der Waals surface area (Å²) in [6.07, 6.45) is -0.0863. The van der Waals surface area contributed by atoms with Crippen molar-refractivity contribution in [2.75, 3.05) is 7.11 Å². The molecular formula is C19H20Cl3N3O5. The number of carbonyl (C=O) groups excluding carboxylic acids is 2. The summed E-state index contributed by atoms with van der Waals surface area (Å²) in [6, 6.07) is 12.0. The Labute approximate surface area is 190 Å². The Morgan fingerprint density at radius 3 is 2.37 bits per heavy atom. The fourth-order valence-electron chi connectivity index (χ4n) is 2.59. The van der Waals surface area contributed by atoms with Gasteiger partial charge in [-0.2, -0.15) is 4.53 Å². The van der Waals surface area contributed by atoms with Crippen molar-refractivity contribution in [3.8, 4) is 5.75 Å². The van der Waals surface area contributed by atoms with Crippen LogP contribution in [-0.4, -0.2) is 38.3 Å². The van der Waals surface area contributed by atoms with Gasteiger partial charge in [0.05, 0.1) is 17.6 Å². The van der Waals surface area contributed by atoms with Crippen LogP contribution in [0.5, 0.6) is 5.75 Å². The molecule has 0 aliphatic heterocycles. The first-order valence-corrected chi connectivity index (χ1v) is 9.13. The van der Waals surface area contributed by atoms with Crippen LogP contribution in [0.1, 0.15) is 41.0 Å². The van der Waals surface area contributed by atoms with Crippen molar-refractivity contribution in [1.29, 1.82) is 0 Å². The van der Waals surface area contributed by atoms with Crippen molar-refractivity contribution in [3.05, 3.63) is 69.8 Å². The molecular weight excluding hydrogens is 457 g/mol. The summed E-state index contributed by atoms with van der Waals surface area (Å²) in [5.41, 5.74) is -1.32. The maximum Gasteiger partial charge on any atom is 0.291 e. The van der Waals surface area contributed by atoms with Crippen molar-refractivity contribution in [2.45, 2.75) is 25.8 Å². The van der Waals surface area contributed by atoms with Gasteiger partial charge < -0.3 is 4.74 Å². The fourth-order valence-corrected chi connectivity index (χ4v) is 3.01. The number of nitro groups is 1. The van der Waals surface area contributed by atoms with E-state index >= 15 is 0 Å². The van der Waals surface area contributed by atoms with Crippen LogP contribution in [0.3, 0.4) is 0 Å². The first kappa shape index (κ1) is 25.6. The highest BCUT2D eigenvalue weighted by Crippen LogP contribution is 2.30. The van der Waals surface area contributed by atoms with Crippen LogP contribution in [0.4, 0.5) is 5.69 Å². The van der Waals surface area contributed by atoms with E-state index in [-0.39, 0.29) is 30.2 Å². The summed E-state index contributed by atoms with van der Waals surface area (Å²) in [7, 11) is 1.49. The maximum atomic E-state index is 12.7. The molecule has 0 radical (unpaired) electrons. The predicted molar refractivity (Wildman–Crippen MR) is 116 cm³/mol.